The van der Waals surface area contributed by atoms with Crippen molar-refractivity contribution in [1.29, 1.82) is 0 Å². The van der Waals surface area contributed by atoms with Crippen molar-refractivity contribution in [3.05, 3.63) is 41.8 Å². The van der Waals surface area contributed by atoms with Crippen LogP contribution in [-0.2, 0) is 15.5 Å². The summed E-state index contributed by atoms with van der Waals surface area (Å²) >= 11 is 0. The van der Waals surface area contributed by atoms with Crippen molar-refractivity contribution < 1.29 is 26.9 Å². The van der Waals surface area contributed by atoms with E-state index in [2.05, 4.69) is 5.10 Å². The van der Waals surface area contributed by atoms with Crippen LogP contribution in [0.25, 0.3) is 5.69 Å². The number of hydrogen-bond acceptors (Lipinski definition) is 3. The minimum absolute atomic E-state index is 0.315. The van der Waals surface area contributed by atoms with E-state index in [1.165, 1.54) is 12.3 Å². The minimum atomic E-state index is -4.58. The second-order valence-corrected chi connectivity index (χ2v) is 6.92. The Balaban J connectivity index is 2.04. The summed E-state index contributed by atoms with van der Waals surface area (Å²) in [7, 11) is -0.874. The van der Waals surface area contributed by atoms with Crippen LogP contribution < -0.4 is 5.59 Å². The molecule has 0 spiro atoms. The molecule has 3 rings (SSSR count). The van der Waals surface area contributed by atoms with Crippen LogP contribution in [0.15, 0.2) is 30.5 Å². The Kier molecular flexibility index (Phi) is 4.00. The molecule has 4 nitrogen and oxygen atoms in total. The van der Waals surface area contributed by atoms with E-state index in [0.717, 1.165) is 16.8 Å². The zero-order chi connectivity index (χ0) is 18.6. The molecule has 2 aromatic rings. The molecule has 0 aliphatic carbocycles. The van der Waals surface area contributed by atoms with E-state index in [4.69, 9.17) is 9.31 Å². The summed E-state index contributed by atoms with van der Waals surface area (Å²) < 4.78 is 65.9. The van der Waals surface area contributed by atoms with Crippen LogP contribution in [0.2, 0.25) is 0 Å². The molecule has 0 radical (unpaired) electrons. The molecule has 0 saturated carbocycles. The maximum Gasteiger partial charge on any atom is 0.514 e. The molecule has 2 heterocycles. The van der Waals surface area contributed by atoms with Gasteiger partial charge >= 0.3 is 13.3 Å². The summed E-state index contributed by atoms with van der Waals surface area (Å²) in [5.41, 5.74) is -2.24. The second-order valence-electron chi connectivity index (χ2n) is 6.92. The van der Waals surface area contributed by atoms with Crippen LogP contribution in [0.1, 0.15) is 33.3 Å². The van der Waals surface area contributed by atoms with Gasteiger partial charge in [-0.3, -0.25) is 0 Å². The van der Waals surface area contributed by atoms with Crippen LogP contribution in [0.5, 0.6) is 0 Å². The number of hydrogen-bond donors (Lipinski definition) is 0. The highest BCUT2D eigenvalue weighted by molar-refractivity contribution is 6.61. The molecule has 1 fully saturated rings. The molecule has 134 valence electrons. The Bertz CT molecular complexity index is 786. The van der Waals surface area contributed by atoms with Gasteiger partial charge in [0, 0.05) is 6.20 Å². The van der Waals surface area contributed by atoms with Crippen LogP contribution in [-0.4, -0.2) is 28.1 Å². The molecule has 1 aromatic heterocycles. The van der Waals surface area contributed by atoms with Gasteiger partial charge in [-0.1, -0.05) is 0 Å². The molecular formula is C16H17BF4N2O2. The van der Waals surface area contributed by atoms with Crippen molar-refractivity contribution in [3.63, 3.8) is 0 Å². The molecule has 25 heavy (non-hydrogen) atoms. The van der Waals surface area contributed by atoms with Crippen molar-refractivity contribution in [2.45, 2.75) is 45.1 Å². The van der Waals surface area contributed by atoms with E-state index in [0.29, 0.717) is 11.7 Å². The topological polar surface area (TPSA) is 36.3 Å². The Morgan fingerprint density at radius 1 is 1.04 bits per heavy atom. The molecule has 0 N–H and O–H groups in total. The average Bonchev–Trinajstić information content (AvgIpc) is 3.01. The molecule has 1 aliphatic heterocycles. The fourth-order valence-corrected chi connectivity index (χ4v) is 2.51. The van der Waals surface area contributed by atoms with Crippen molar-refractivity contribution in [2.24, 2.45) is 0 Å². The Morgan fingerprint density at radius 2 is 1.64 bits per heavy atom. The van der Waals surface area contributed by atoms with Gasteiger partial charge in [0.25, 0.3) is 0 Å². The standard InChI is InChI=1S/C16H17BF4N2O2/c1-14(2)15(3,4)25-17(24-14)13-7-8-22-23(13)12-9-10(16(19,20)21)5-6-11(12)18/h5-9H,1-4H3. The number of nitrogens with zero attached hydrogens (tertiary/aromatic N) is 2. The summed E-state index contributed by atoms with van der Waals surface area (Å²) in [6.07, 6.45) is -3.22. The lowest BCUT2D eigenvalue weighted by molar-refractivity contribution is -0.137. The van der Waals surface area contributed by atoms with Crippen LogP contribution in [0.3, 0.4) is 0 Å². The number of halogens is 4. The number of alkyl halides is 3. The third-order valence-corrected chi connectivity index (χ3v) is 4.67. The molecule has 0 amide bonds. The monoisotopic (exact) mass is 356 g/mol. The van der Waals surface area contributed by atoms with Gasteiger partial charge in [-0.15, -0.1) is 0 Å². The van der Waals surface area contributed by atoms with E-state index in [-0.39, 0.29) is 5.69 Å². The molecule has 1 aliphatic rings. The maximum absolute atomic E-state index is 14.2. The number of aromatic nitrogens is 2. The third kappa shape index (κ3) is 3.06. The summed E-state index contributed by atoms with van der Waals surface area (Å²) in [5.74, 6) is -0.825. The second kappa shape index (κ2) is 5.57. The fraction of sp³-hybridized carbons (Fsp3) is 0.438. The first-order chi connectivity index (χ1) is 11.4. The van der Waals surface area contributed by atoms with Crippen LogP contribution >= 0.6 is 0 Å². The van der Waals surface area contributed by atoms with Gasteiger partial charge in [0.2, 0.25) is 0 Å². The smallest absolute Gasteiger partial charge is 0.398 e. The van der Waals surface area contributed by atoms with Crippen LogP contribution in [0, 0.1) is 5.82 Å². The lowest BCUT2D eigenvalue weighted by Crippen LogP contribution is -2.41. The van der Waals surface area contributed by atoms with Gasteiger partial charge in [0.15, 0.2) is 0 Å². The van der Waals surface area contributed by atoms with Gasteiger partial charge in [-0.2, -0.15) is 18.3 Å². The predicted molar refractivity (Wildman–Crippen MR) is 84.2 cm³/mol. The largest absolute Gasteiger partial charge is 0.514 e. The van der Waals surface area contributed by atoms with Crippen LogP contribution in [0.4, 0.5) is 17.6 Å². The molecule has 0 bridgehead atoms. The highest BCUT2D eigenvalue weighted by Crippen LogP contribution is 2.37. The molecular weight excluding hydrogens is 339 g/mol. The predicted octanol–water partition coefficient (Wildman–Crippen LogP) is 3.33. The van der Waals surface area contributed by atoms with Crippen molar-refractivity contribution in [2.75, 3.05) is 0 Å². The minimum Gasteiger partial charge on any atom is -0.398 e. The van der Waals surface area contributed by atoms with Crippen molar-refractivity contribution in [1.82, 2.24) is 9.78 Å². The number of rotatable bonds is 2. The average molecular weight is 356 g/mol. The zero-order valence-corrected chi connectivity index (χ0v) is 14.2. The van der Waals surface area contributed by atoms with E-state index >= 15 is 0 Å². The normalized spacial score (nSPS) is 19.4. The zero-order valence-electron chi connectivity index (χ0n) is 14.2. The Morgan fingerprint density at radius 3 is 2.20 bits per heavy atom. The summed E-state index contributed by atoms with van der Waals surface area (Å²) in [4.78, 5) is 0. The van der Waals surface area contributed by atoms with Gasteiger partial charge in [0.05, 0.1) is 22.4 Å². The number of benzene rings is 1. The van der Waals surface area contributed by atoms with Gasteiger partial charge in [0.1, 0.15) is 11.5 Å². The SMILES string of the molecule is CC1(C)OB(c2ccnn2-c2cc(C(F)(F)F)ccc2F)OC1(C)C. The first-order valence-corrected chi connectivity index (χ1v) is 7.69. The van der Waals surface area contributed by atoms with E-state index in [9.17, 15) is 17.6 Å². The Hall–Kier alpha value is -1.87. The maximum atomic E-state index is 14.2. The highest BCUT2D eigenvalue weighted by atomic mass is 19.4. The lowest BCUT2D eigenvalue weighted by atomic mass is 9.84. The highest BCUT2D eigenvalue weighted by Gasteiger charge is 2.53. The molecule has 0 atom stereocenters. The lowest BCUT2D eigenvalue weighted by Gasteiger charge is -2.32. The quantitative estimate of drug-likeness (QED) is 0.612. The summed E-state index contributed by atoms with van der Waals surface area (Å²) in [6, 6.07) is 3.71. The summed E-state index contributed by atoms with van der Waals surface area (Å²) in [6.45, 7) is 7.38. The van der Waals surface area contributed by atoms with E-state index in [1.54, 1.807) is 0 Å². The molecule has 0 unspecified atom stereocenters. The van der Waals surface area contributed by atoms with Crippen molar-refractivity contribution >= 4 is 12.7 Å². The fourth-order valence-electron chi connectivity index (χ4n) is 2.51. The Labute approximate surface area is 142 Å². The summed E-state index contributed by atoms with van der Waals surface area (Å²) in [5, 5.41) is 3.96. The van der Waals surface area contributed by atoms with Crippen molar-refractivity contribution in [3.8, 4) is 5.69 Å². The molecule has 9 heteroatoms. The van der Waals surface area contributed by atoms with Gasteiger partial charge in [-0.05, 0) is 52.0 Å². The van der Waals surface area contributed by atoms with Gasteiger partial charge in [-0.25, -0.2) is 9.07 Å². The van der Waals surface area contributed by atoms with E-state index in [1.807, 2.05) is 27.7 Å². The molecule has 1 saturated heterocycles. The van der Waals surface area contributed by atoms with Gasteiger partial charge < -0.3 is 9.31 Å². The molecule has 1 aromatic carbocycles. The first-order valence-electron chi connectivity index (χ1n) is 7.69. The van der Waals surface area contributed by atoms with E-state index < -0.39 is 35.9 Å². The third-order valence-electron chi connectivity index (χ3n) is 4.67. The first kappa shape index (κ1) is 17.9.